The quantitative estimate of drug-likeness (QED) is 0.164. The van der Waals surface area contributed by atoms with Gasteiger partial charge in [0, 0.05) is 71.8 Å². The van der Waals surface area contributed by atoms with Crippen LogP contribution < -0.4 is 0 Å². The van der Waals surface area contributed by atoms with E-state index in [4.69, 9.17) is 0 Å². The summed E-state index contributed by atoms with van der Waals surface area (Å²) in [6, 6.07) is 40.6. The van der Waals surface area contributed by atoms with Gasteiger partial charge in [0.1, 0.15) is 0 Å². The number of nitrogens with zero attached hydrogens (tertiary/aromatic N) is 4. The first kappa shape index (κ1) is 39.0. The molecule has 0 aliphatic carbocycles. The first-order valence-electron chi connectivity index (χ1n) is 15.6. The Morgan fingerprint density at radius 3 is 0.731 bits per heavy atom. The highest BCUT2D eigenvalue weighted by Crippen LogP contribution is 2.23. The fourth-order valence-electron chi connectivity index (χ4n) is 4.07. The summed E-state index contributed by atoms with van der Waals surface area (Å²) >= 11 is 0. The Morgan fingerprint density at radius 2 is 0.558 bits per heavy atom. The highest BCUT2D eigenvalue weighted by atomic mass is 16.4. The second kappa shape index (κ2) is 23.0. The molecule has 0 saturated heterocycles. The molecule has 4 heterocycles. The molecule has 7 aromatic rings. The van der Waals surface area contributed by atoms with Crippen molar-refractivity contribution in [3.05, 3.63) is 229 Å². The number of aromatic nitrogens is 4. The fourth-order valence-corrected chi connectivity index (χ4v) is 4.07. The van der Waals surface area contributed by atoms with Crippen molar-refractivity contribution in [3.8, 4) is 0 Å². The molecular weight excluding hydrogens is 656 g/mol. The zero-order chi connectivity index (χ0) is 37.2. The number of pyridine rings is 4. The molecule has 7 rings (SSSR count). The van der Waals surface area contributed by atoms with Gasteiger partial charge in [0.15, 0.2) is 11.6 Å². The van der Waals surface area contributed by atoms with Crippen LogP contribution in [0.1, 0.15) is 52.6 Å². The summed E-state index contributed by atoms with van der Waals surface area (Å²) in [5, 5.41) is 19.1. The number of hydrogen-bond acceptors (Lipinski definition) is 8. The lowest BCUT2D eigenvalue weighted by atomic mass is 9.90. The lowest BCUT2D eigenvalue weighted by Crippen LogP contribution is -2.17. The molecule has 0 saturated carbocycles. The number of carbonyl (C=O) groups is 4. The highest BCUT2D eigenvalue weighted by Gasteiger charge is 2.26. The van der Waals surface area contributed by atoms with Gasteiger partial charge in [-0.05, 0) is 60.7 Å². The smallest absolute Gasteiger partial charge is 0.336 e. The Morgan fingerprint density at radius 1 is 0.327 bits per heavy atom. The van der Waals surface area contributed by atoms with E-state index >= 15 is 0 Å². The second-order valence-electron chi connectivity index (χ2n) is 10.0. The SMILES string of the molecule is O=C(O)c1cc(C(=O)c2ccccc2)c(C(=O)O)cc1C(=O)c1ccccc1.c1ccncc1.c1ccncc1.c1ccncc1.c1ccncc1. The number of aromatic carboxylic acids is 2. The van der Waals surface area contributed by atoms with Crippen LogP contribution in [0.15, 0.2) is 195 Å². The zero-order valence-corrected chi connectivity index (χ0v) is 27.8. The van der Waals surface area contributed by atoms with Crippen LogP contribution in [0, 0.1) is 0 Å². The van der Waals surface area contributed by atoms with Crippen LogP contribution in [-0.2, 0) is 0 Å². The molecule has 0 radical (unpaired) electrons. The predicted molar refractivity (Wildman–Crippen MR) is 197 cm³/mol. The van der Waals surface area contributed by atoms with Crippen molar-refractivity contribution in [2.24, 2.45) is 0 Å². The van der Waals surface area contributed by atoms with Crippen LogP contribution >= 0.6 is 0 Å². The summed E-state index contributed by atoms with van der Waals surface area (Å²) in [7, 11) is 0. The molecule has 2 N–H and O–H groups in total. The molecular formula is C42H34N4O6. The van der Waals surface area contributed by atoms with E-state index in [0.29, 0.717) is 0 Å². The summed E-state index contributed by atoms with van der Waals surface area (Å²) in [6.45, 7) is 0. The Hall–Kier alpha value is -7.46. The maximum Gasteiger partial charge on any atom is 0.336 e. The Labute approximate surface area is 300 Å². The molecule has 0 atom stereocenters. The molecule has 0 unspecified atom stereocenters. The van der Waals surface area contributed by atoms with Crippen LogP contribution in [0.2, 0.25) is 0 Å². The van der Waals surface area contributed by atoms with E-state index in [0.717, 1.165) is 12.1 Å². The van der Waals surface area contributed by atoms with E-state index in [1.807, 2.05) is 72.8 Å². The molecule has 52 heavy (non-hydrogen) atoms. The van der Waals surface area contributed by atoms with Crippen molar-refractivity contribution in [1.29, 1.82) is 0 Å². The monoisotopic (exact) mass is 690 g/mol. The number of hydrogen-bond donors (Lipinski definition) is 2. The normalized spacial score (nSPS) is 9.23. The zero-order valence-electron chi connectivity index (χ0n) is 27.8. The van der Waals surface area contributed by atoms with Gasteiger partial charge in [0.25, 0.3) is 0 Å². The number of carbonyl (C=O) groups excluding carboxylic acids is 2. The number of ketones is 2. The summed E-state index contributed by atoms with van der Waals surface area (Å²) in [5.74, 6) is -4.14. The van der Waals surface area contributed by atoms with Gasteiger partial charge in [-0.15, -0.1) is 0 Å². The van der Waals surface area contributed by atoms with Crippen molar-refractivity contribution in [3.63, 3.8) is 0 Å². The summed E-state index contributed by atoms with van der Waals surface area (Å²) in [4.78, 5) is 64.1. The van der Waals surface area contributed by atoms with Crippen LogP contribution in [0.5, 0.6) is 0 Å². The van der Waals surface area contributed by atoms with Crippen LogP contribution in [0.3, 0.4) is 0 Å². The van der Waals surface area contributed by atoms with E-state index in [1.54, 1.807) is 86.0 Å². The number of carboxylic acid groups (broad SMARTS) is 2. The maximum absolute atomic E-state index is 12.8. The summed E-state index contributed by atoms with van der Waals surface area (Å²) in [5.41, 5.74) is -1.02. The first-order chi connectivity index (χ1) is 25.4. The molecule has 0 aliphatic rings. The molecule has 0 aliphatic heterocycles. The summed E-state index contributed by atoms with van der Waals surface area (Å²) < 4.78 is 0. The van der Waals surface area contributed by atoms with E-state index in [9.17, 15) is 29.4 Å². The van der Waals surface area contributed by atoms with Gasteiger partial charge in [-0.1, -0.05) is 84.9 Å². The number of rotatable bonds is 6. The third kappa shape index (κ3) is 14.0. The predicted octanol–water partition coefficient (Wildman–Crippen LogP) is 7.87. The molecule has 0 bridgehead atoms. The van der Waals surface area contributed by atoms with Gasteiger partial charge in [-0.3, -0.25) is 29.5 Å². The third-order valence-electron chi connectivity index (χ3n) is 6.45. The Kier molecular flexibility index (Phi) is 17.2. The topological polar surface area (TPSA) is 160 Å². The Bertz CT molecular complexity index is 1730. The van der Waals surface area contributed by atoms with E-state index in [1.165, 1.54) is 24.3 Å². The van der Waals surface area contributed by atoms with Crippen molar-refractivity contribution < 1.29 is 29.4 Å². The van der Waals surface area contributed by atoms with Gasteiger partial charge in [-0.2, -0.15) is 0 Å². The minimum absolute atomic E-state index is 0.212. The van der Waals surface area contributed by atoms with E-state index in [2.05, 4.69) is 19.9 Å². The average molecular weight is 691 g/mol. The molecule has 258 valence electrons. The molecule has 3 aromatic carbocycles. The molecule has 10 nitrogen and oxygen atoms in total. The van der Waals surface area contributed by atoms with Crippen molar-refractivity contribution in [1.82, 2.24) is 19.9 Å². The lowest BCUT2D eigenvalue weighted by Gasteiger charge is -2.12. The molecule has 0 spiro atoms. The summed E-state index contributed by atoms with van der Waals surface area (Å²) in [6.07, 6.45) is 14.0. The van der Waals surface area contributed by atoms with Crippen LogP contribution in [-0.4, -0.2) is 53.7 Å². The largest absolute Gasteiger partial charge is 0.478 e. The Balaban J connectivity index is 0.000000239. The molecule has 0 fully saturated rings. The third-order valence-corrected chi connectivity index (χ3v) is 6.45. The van der Waals surface area contributed by atoms with Crippen LogP contribution in [0.4, 0.5) is 0 Å². The van der Waals surface area contributed by atoms with Crippen LogP contribution in [0.25, 0.3) is 0 Å². The van der Waals surface area contributed by atoms with Gasteiger partial charge in [-0.25, -0.2) is 9.59 Å². The molecule has 0 amide bonds. The minimum atomic E-state index is -1.43. The minimum Gasteiger partial charge on any atom is -0.478 e. The lowest BCUT2D eigenvalue weighted by molar-refractivity contribution is 0.0677. The van der Waals surface area contributed by atoms with Crippen molar-refractivity contribution in [2.45, 2.75) is 0 Å². The average Bonchev–Trinajstić information content (AvgIpc) is 3.24. The second-order valence-corrected chi connectivity index (χ2v) is 10.0. The first-order valence-corrected chi connectivity index (χ1v) is 15.6. The standard InChI is InChI=1S/C22H14O6.4C5H5N/c23-19(13-7-3-1-4-8-13)15-11-18(22(27)28)16(12-17(15)21(25)26)20(24)14-9-5-2-6-10-14;4*1-2-4-6-5-3-1/h1-12H,(H,25,26)(H,27,28);4*1-5H. The number of carboxylic acids is 2. The maximum atomic E-state index is 12.8. The number of benzene rings is 3. The highest BCUT2D eigenvalue weighted by molar-refractivity contribution is 6.19. The van der Waals surface area contributed by atoms with E-state index in [-0.39, 0.29) is 22.3 Å². The van der Waals surface area contributed by atoms with Crippen molar-refractivity contribution >= 4 is 23.5 Å². The molecule has 10 heteroatoms. The van der Waals surface area contributed by atoms with Gasteiger partial charge >= 0.3 is 11.9 Å². The molecule has 4 aromatic heterocycles. The fraction of sp³-hybridized carbons (Fsp3) is 0. The van der Waals surface area contributed by atoms with Gasteiger partial charge in [0.2, 0.25) is 0 Å². The van der Waals surface area contributed by atoms with Gasteiger partial charge in [0.05, 0.1) is 11.1 Å². The van der Waals surface area contributed by atoms with Crippen molar-refractivity contribution in [2.75, 3.05) is 0 Å². The van der Waals surface area contributed by atoms with Gasteiger partial charge < -0.3 is 10.2 Å². The van der Waals surface area contributed by atoms with E-state index < -0.39 is 34.6 Å².